The van der Waals surface area contributed by atoms with Crippen LogP contribution >= 0.6 is 11.6 Å². The fraction of sp³-hybridized carbons (Fsp3) is 0.304. The Labute approximate surface area is 176 Å². The fourth-order valence-electron chi connectivity index (χ4n) is 4.19. The minimum Gasteiger partial charge on any atom is -0.331 e. The third-order valence-electron chi connectivity index (χ3n) is 5.35. The molecule has 6 heteroatoms. The van der Waals surface area contributed by atoms with Gasteiger partial charge in [-0.2, -0.15) is 5.10 Å². The number of urea groups is 1. The van der Waals surface area contributed by atoms with E-state index in [1.165, 1.54) is 0 Å². The molecule has 1 aliphatic carbocycles. The zero-order chi connectivity index (χ0) is 20.6. The van der Waals surface area contributed by atoms with Gasteiger partial charge in [0.1, 0.15) is 0 Å². The van der Waals surface area contributed by atoms with Crippen LogP contribution in [0, 0.1) is 12.3 Å². The van der Waals surface area contributed by atoms with Gasteiger partial charge < -0.3 is 10.6 Å². The van der Waals surface area contributed by atoms with Crippen LogP contribution in [-0.2, 0) is 6.42 Å². The Kier molecular flexibility index (Phi) is 5.09. The van der Waals surface area contributed by atoms with E-state index in [0.717, 1.165) is 35.5 Å². The molecule has 150 valence electrons. The minimum atomic E-state index is -0.243. The number of benzene rings is 2. The van der Waals surface area contributed by atoms with Crippen molar-refractivity contribution in [1.82, 2.24) is 15.1 Å². The predicted octanol–water partition coefficient (Wildman–Crippen LogP) is 5.67. The number of anilines is 1. The molecule has 2 amide bonds. The number of carbonyl (C=O) groups is 1. The average molecular weight is 409 g/mol. The molecule has 1 aliphatic rings. The monoisotopic (exact) mass is 408 g/mol. The lowest BCUT2D eigenvalue weighted by Crippen LogP contribution is -2.39. The molecule has 0 radical (unpaired) electrons. The Balaban J connectivity index is 1.64. The molecule has 2 aromatic carbocycles. The number of aryl methyl sites for hydroxylation is 1. The van der Waals surface area contributed by atoms with E-state index in [1.54, 1.807) is 12.1 Å². The Hall–Kier alpha value is -2.79. The molecular formula is C23H25ClN4O. The molecule has 0 spiro atoms. The first-order valence-electron chi connectivity index (χ1n) is 9.79. The van der Waals surface area contributed by atoms with E-state index in [9.17, 15) is 4.79 Å². The van der Waals surface area contributed by atoms with Gasteiger partial charge in [-0.1, -0.05) is 49.7 Å². The van der Waals surface area contributed by atoms with Gasteiger partial charge in [0.25, 0.3) is 0 Å². The highest BCUT2D eigenvalue weighted by Gasteiger charge is 2.37. The summed E-state index contributed by atoms with van der Waals surface area (Å²) in [6.45, 7) is 6.48. The van der Waals surface area contributed by atoms with Crippen LogP contribution in [0.1, 0.15) is 43.3 Å². The zero-order valence-corrected chi connectivity index (χ0v) is 17.6. The molecule has 3 aromatic rings. The number of aromatic nitrogens is 2. The summed E-state index contributed by atoms with van der Waals surface area (Å²) in [6, 6.07) is 16.9. The molecule has 0 bridgehead atoms. The maximum Gasteiger partial charge on any atom is 0.319 e. The third-order valence-corrected chi connectivity index (χ3v) is 5.58. The first kappa shape index (κ1) is 19.5. The molecule has 5 nitrogen and oxygen atoms in total. The molecule has 0 fully saturated rings. The number of para-hydroxylation sites is 1. The zero-order valence-electron chi connectivity index (χ0n) is 16.9. The lowest BCUT2D eigenvalue weighted by molar-refractivity contribution is 0.230. The van der Waals surface area contributed by atoms with Crippen molar-refractivity contribution in [3.8, 4) is 5.69 Å². The van der Waals surface area contributed by atoms with E-state index < -0.39 is 0 Å². The van der Waals surface area contributed by atoms with Crippen LogP contribution in [0.25, 0.3) is 5.69 Å². The van der Waals surface area contributed by atoms with Crippen molar-refractivity contribution in [2.24, 2.45) is 5.41 Å². The van der Waals surface area contributed by atoms with E-state index in [2.05, 4.69) is 36.6 Å². The molecule has 4 rings (SSSR count). The highest BCUT2D eigenvalue weighted by Crippen LogP contribution is 2.42. The SMILES string of the molecule is Cc1nn(-c2ccccc2)c2c1C(NC(=O)Nc1cccc(Cl)c1)CC(C)(C)C2. The summed E-state index contributed by atoms with van der Waals surface area (Å²) in [7, 11) is 0. The van der Waals surface area contributed by atoms with Gasteiger partial charge in [-0.15, -0.1) is 0 Å². The third kappa shape index (κ3) is 4.15. The number of carbonyl (C=O) groups excluding carboxylic acids is 1. The maximum absolute atomic E-state index is 12.7. The number of amides is 2. The van der Waals surface area contributed by atoms with Crippen molar-refractivity contribution in [1.29, 1.82) is 0 Å². The summed E-state index contributed by atoms with van der Waals surface area (Å²) in [5, 5.41) is 11.4. The molecule has 1 atom stereocenters. The van der Waals surface area contributed by atoms with E-state index in [-0.39, 0.29) is 17.5 Å². The lowest BCUT2D eigenvalue weighted by Gasteiger charge is -2.36. The van der Waals surface area contributed by atoms with Gasteiger partial charge in [0.2, 0.25) is 0 Å². The average Bonchev–Trinajstić information content (AvgIpc) is 2.97. The minimum absolute atomic E-state index is 0.0417. The Morgan fingerprint density at radius 2 is 1.93 bits per heavy atom. The van der Waals surface area contributed by atoms with Gasteiger partial charge in [0.05, 0.1) is 23.1 Å². The fourth-order valence-corrected chi connectivity index (χ4v) is 4.38. The highest BCUT2D eigenvalue weighted by atomic mass is 35.5. The largest absolute Gasteiger partial charge is 0.331 e. The van der Waals surface area contributed by atoms with Gasteiger partial charge in [0.15, 0.2) is 0 Å². The second-order valence-electron chi connectivity index (χ2n) is 8.40. The summed E-state index contributed by atoms with van der Waals surface area (Å²) >= 11 is 6.02. The summed E-state index contributed by atoms with van der Waals surface area (Å²) in [5.74, 6) is 0. The number of nitrogens with one attached hydrogen (secondary N) is 2. The van der Waals surface area contributed by atoms with Gasteiger partial charge in [-0.05, 0) is 55.5 Å². The number of hydrogen-bond acceptors (Lipinski definition) is 2. The standard InChI is InChI=1S/C23H25ClN4O/c1-15-21-19(26-22(29)25-17-9-7-8-16(24)12-17)13-23(2,3)14-20(21)28(27-15)18-10-5-4-6-11-18/h4-12,19H,13-14H2,1-3H3,(H2,25,26,29). The number of rotatable bonds is 3. The summed E-state index contributed by atoms with van der Waals surface area (Å²) < 4.78 is 2.02. The predicted molar refractivity (Wildman–Crippen MR) is 117 cm³/mol. The van der Waals surface area contributed by atoms with Crippen molar-refractivity contribution in [2.45, 2.75) is 39.7 Å². The molecule has 29 heavy (non-hydrogen) atoms. The van der Waals surface area contributed by atoms with Gasteiger partial charge in [-0.25, -0.2) is 9.48 Å². The van der Waals surface area contributed by atoms with Crippen molar-refractivity contribution >= 4 is 23.3 Å². The normalized spacial score (nSPS) is 17.4. The van der Waals surface area contributed by atoms with Crippen LogP contribution in [0.4, 0.5) is 10.5 Å². The number of hydrogen-bond donors (Lipinski definition) is 2. The van der Waals surface area contributed by atoms with Crippen LogP contribution < -0.4 is 10.6 Å². The van der Waals surface area contributed by atoms with E-state index >= 15 is 0 Å². The van der Waals surface area contributed by atoms with Crippen LogP contribution in [-0.4, -0.2) is 15.8 Å². The van der Waals surface area contributed by atoms with Gasteiger partial charge in [-0.3, -0.25) is 0 Å². The second-order valence-corrected chi connectivity index (χ2v) is 8.84. The smallest absolute Gasteiger partial charge is 0.319 e. The maximum atomic E-state index is 12.7. The summed E-state index contributed by atoms with van der Waals surface area (Å²) in [4.78, 5) is 12.7. The summed E-state index contributed by atoms with van der Waals surface area (Å²) in [5.41, 5.74) is 4.98. The number of fused-ring (bicyclic) bond motifs is 1. The van der Waals surface area contributed by atoms with E-state index in [1.807, 2.05) is 41.9 Å². The molecule has 1 unspecified atom stereocenters. The van der Waals surface area contributed by atoms with Crippen LogP contribution in [0.5, 0.6) is 0 Å². The van der Waals surface area contributed by atoms with Crippen molar-refractivity contribution in [2.75, 3.05) is 5.32 Å². The Morgan fingerprint density at radius 1 is 1.17 bits per heavy atom. The molecule has 0 aliphatic heterocycles. The molecule has 1 aromatic heterocycles. The topological polar surface area (TPSA) is 59.0 Å². The second kappa shape index (κ2) is 7.56. The van der Waals surface area contributed by atoms with Gasteiger partial charge in [0, 0.05) is 16.3 Å². The van der Waals surface area contributed by atoms with Crippen molar-refractivity contribution < 1.29 is 4.79 Å². The number of halogens is 1. The highest BCUT2D eigenvalue weighted by molar-refractivity contribution is 6.30. The van der Waals surface area contributed by atoms with Gasteiger partial charge >= 0.3 is 6.03 Å². The molecule has 2 N–H and O–H groups in total. The van der Waals surface area contributed by atoms with E-state index in [4.69, 9.17) is 16.7 Å². The lowest BCUT2D eigenvalue weighted by atomic mass is 9.73. The van der Waals surface area contributed by atoms with Crippen molar-refractivity contribution in [3.05, 3.63) is 76.6 Å². The summed E-state index contributed by atoms with van der Waals surface area (Å²) in [6.07, 6.45) is 1.76. The van der Waals surface area contributed by atoms with Crippen LogP contribution in [0.2, 0.25) is 5.02 Å². The number of nitrogens with zero attached hydrogens (tertiary/aromatic N) is 2. The first-order chi connectivity index (χ1) is 13.8. The molecular weight excluding hydrogens is 384 g/mol. The van der Waals surface area contributed by atoms with E-state index in [0.29, 0.717) is 10.7 Å². The molecule has 1 heterocycles. The quantitative estimate of drug-likeness (QED) is 0.586. The van der Waals surface area contributed by atoms with Crippen LogP contribution in [0.3, 0.4) is 0 Å². The van der Waals surface area contributed by atoms with Crippen LogP contribution in [0.15, 0.2) is 54.6 Å². The Bertz CT molecular complexity index is 1040. The molecule has 0 saturated carbocycles. The first-order valence-corrected chi connectivity index (χ1v) is 10.2. The van der Waals surface area contributed by atoms with Crippen molar-refractivity contribution in [3.63, 3.8) is 0 Å². The molecule has 0 saturated heterocycles. The Morgan fingerprint density at radius 3 is 2.66 bits per heavy atom.